The molecule has 1 aliphatic heterocycles. The molecule has 7 heteroatoms. The molecule has 0 spiro atoms. The number of carbonyl (C=O) groups is 1. The van der Waals surface area contributed by atoms with Crippen LogP contribution < -0.4 is 4.74 Å². The Labute approximate surface area is 185 Å². The third-order valence-corrected chi connectivity index (χ3v) is 5.98. The van der Waals surface area contributed by atoms with Crippen molar-refractivity contribution in [3.63, 3.8) is 0 Å². The molecule has 2 aromatic heterocycles. The van der Waals surface area contributed by atoms with Gasteiger partial charge >= 0.3 is 0 Å². The maximum absolute atomic E-state index is 13.5. The van der Waals surface area contributed by atoms with Gasteiger partial charge in [0.2, 0.25) is 0 Å². The van der Waals surface area contributed by atoms with Gasteiger partial charge < -0.3 is 19.0 Å². The Bertz CT molecular complexity index is 1250. The van der Waals surface area contributed by atoms with Crippen LogP contribution in [0.4, 0.5) is 4.39 Å². The summed E-state index contributed by atoms with van der Waals surface area (Å²) in [7, 11) is 1.65. The minimum atomic E-state index is -0.317. The average molecular weight is 433 g/mol. The number of aromatic nitrogens is 2. The Balaban J connectivity index is 1.27. The molecular formula is C25H24FN3O3. The van der Waals surface area contributed by atoms with Gasteiger partial charge in [-0.1, -0.05) is 12.1 Å². The number of rotatable bonds is 5. The number of oxazole rings is 1. The van der Waals surface area contributed by atoms with E-state index < -0.39 is 0 Å². The molecule has 0 saturated carbocycles. The molecule has 1 amide bonds. The van der Waals surface area contributed by atoms with Crippen molar-refractivity contribution in [2.45, 2.75) is 25.2 Å². The van der Waals surface area contributed by atoms with Crippen molar-refractivity contribution >= 4 is 16.8 Å². The normalized spacial score (nSPS) is 16.4. The summed E-state index contributed by atoms with van der Waals surface area (Å²) in [4.78, 5) is 22.5. The van der Waals surface area contributed by atoms with Gasteiger partial charge in [-0.15, -0.1) is 0 Å². The lowest BCUT2D eigenvalue weighted by molar-refractivity contribution is 0.0693. The van der Waals surface area contributed by atoms with Crippen LogP contribution in [-0.2, 0) is 6.42 Å². The van der Waals surface area contributed by atoms with E-state index in [0.29, 0.717) is 36.5 Å². The standard InChI is InChI=1S/C25H24FN3O3/c1-31-20-7-4-16(5-8-20)11-21-14-27-24(32-21)17-3-2-10-29(15-17)25(30)23-13-18-12-19(26)6-9-22(18)28-23/h4-9,12-14,17,28H,2-3,10-11,15H2,1H3. The number of ether oxygens (including phenoxy) is 1. The third-order valence-electron chi connectivity index (χ3n) is 5.98. The number of carbonyl (C=O) groups excluding carboxylic acids is 1. The first kappa shape index (κ1) is 20.3. The molecule has 1 aliphatic rings. The van der Waals surface area contributed by atoms with Crippen molar-refractivity contribution in [3.05, 3.63) is 83.5 Å². The summed E-state index contributed by atoms with van der Waals surface area (Å²) in [5.41, 5.74) is 2.34. The molecule has 4 aromatic rings. The number of nitrogens with zero attached hydrogens (tertiary/aromatic N) is 2. The second-order valence-electron chi connectivity index (χ2n) is 8.19. The highest BCUT2D eigenvalue weighted by Gasteiger charge is 2.29. The van der Waals surface area contributed by atoms with Crippen molar-refractivity contribution in [3.8, 4) is 5.75 Å². The fourth-order valence-corrected chi connectivity index (χ4v) is 4.29. The van der Waals surface area contributed by atoms with Crippen LogP contribution in [0.2, 0.25) is 0 Å². The summed E-state index contributed by atoms with van der Waals surface area (Å²) >= 11 is 0. The molecule has 0 aliphatic carbocycles. The van der Waals surface area contributed by atoms with Gasteiger partial charge in [-0.25, -0.2) is 9.37 Å². The zero-order valence-corrected chi connectivity index (χ0v) is 17.8. The topological polar surface area (TPSA) is 71.4 Å². The van der Waals surface area contributed by atoms with Crippen LogP contribution in [0.25, 0.3) is 10.9 Å². The number of benzene rings is 2. The van der Waals surface area contributed by atoms with Crippen LogP contribution in [0.3, 0.4) is 0 Å². The molecule has 1 unspecified atom stereocenters. The van der Waals surface area contributed by atoms with Gasteiger partial charge in [0.25, 0.3) is 5.91 Å². The Kier molecular flexibility index (Phi) is 5.39. The summed E-state index contributed by atoms with van der Waals surface area (Å²) in [6, 6.07) is 14.0. The van der Waals surface area contributed by atoms with E-state index in [-0.39, 0.29) is 17.6 Å². The summed E-state index contributed by atoms with van der Waals surface area (Å²) < 4.78 is 24.7. The van der Waals surface area contributed by atoms with Gasteiger partial charge in [0, 0.05) is 30.4 Å². The minimum Gasteiger partial charge on any atom is -0.497 e. The smallest absolute Gasteiger partial charge is 0.270 e. The summed E-state index contributed by atoms with van der Waals surface area (Å²) in [6.45, 7) is 1.23. The number of nitrogens with one attached hydrogen (secondary N) is 1. The summed E-state index contributed by atoms with van der Waals surface area (Å²) in [5, 5.41) is 0.692. The molecular weight excluding hydrogens is 409 g/mol. The van der Waals surface area contributed by atoms with Crippen molar-refractivity contribution in [2.75, 3.05) is 20.2 Å². The molecule has 1 atom stereocenters. The first-order chi connectivity index (χ1) is 15.6. The molecule has 0 bridgehead atoms. The summed E-state index contributed by atoms with van der Waals surface area (Å²) in [6.07, 6.45) is 4.22. The van der Waals surface area contributed by atoms with Gasteiger partial charge in [0.1, 0.15) is 23.0 Å². The Hall–Kier alpha value is -3.61. The van der Waals surface area contributed by atoms with Crippen LogP contribution in [-0.4, -0.2) is 41.0 Å². The van der Waals surface area contributed by atoms with Gasteiger partial charge in [-0.2, -0.15) is 0 Å². The number of H-pyrrole nitrogens is 1. The molecule has 3 heterocycles. The van der Waals surface area contributed by atoms with E-state index in [1.165, 1.54) is 12.1 Å². The Morgan fingerprint density at radius 1 is 1.25 bits per heavy atom. The van der Waals surface area contributed by atoms with E-state index in [9.17, 15) is 9.18 Å². The summed E-state index contributed by atoms with van der Waals surface area (Å²) in [5.74, 6) is 1.94. The van der Waals surface area contributed by atoms with Gasteiger partial charge in [0.15, 0.2) is 5.89 Å². The molecule has 1 saturated heterocycles. The SMILES string of the molecule is COc1ccc(Cc2cnc(C3CCCN(C(=O)c4cc5cc(F)ccc5[nH]4)C3)o2)cc1. The lowest BCUT2D eigenvalue weighted by Crippen LogP contribution is -2.39. The fourth-order valence-electron chi connectivity index (χ4n) is 4.29. The first-order valence-corrected chi connectivity index (χ1v) is 10.7. The predicted octanol–water partition coefficient (Wildman–Crippen LogP) is 4.91. The lowest BCUT2D eigenvalue weighted by atomic mass is 9.97. The molecule has 2 aromatic carbocycles. The molecule has 164 valence electrons. The van der Waals surface area contributed by atoms with Gasteiger partial charge in [-0.05, 0) is 54.8 Å². The predicted molar refractivity (Wildman–Crippen MR) is 118 cm³/mol. The highest BCUT2D eigenvalue weighted by molar-refractivity contribution is 5.98. The number of hydrogen-bond donors (Lipinski definition) is 1. The highest BCUT2D eigenvalue weighted by atomic mass is 19.1. The second kappa shape index (κ2) is 8.49. The quantitative estimate of drug-likeness (QED) is 0.485. The van der Waals surface area contributed by atoms with Crippen LogP contribution in [0.5, 0.6) is 5.75 Å². The lowest BCUT2D eigenvalue weighted by Gasteiger charge is -2.31. The third kappa shape index (κ3) is 4.10. The number of fused-ring (bicyclic) bond motifs is 1. The largest absolute Gasteiger partial charge is 0.497 e. The van der Waals surface area contributed by atoms with E-state index in [4.69, 9.17) is 9.15 Å². The number of amides is 1. The molecule has 5 rings (SSSR count). The second-order valence-corrected chi connectivity index (χ2v) is 8.19. The molecule has 32 heavy (non-hydrogen) atoms. The number of methoxy groups -OCH3 is 1. The zero-order chi connectivity index (χ0) is 22.1. The monoisotopic (exact) mass is 433 g/mol. The zero-order valence-electron chi connectivity index (χ0n) is 17.8. The number of piperidine rings is 1. The van der Waals surface area contributed by atoms with Crippen molar-refractivity contribution < 1.29 is 18.3 Å². The van der Waals surface area contributed by atoms with Crippen LogP contribution in [0.15, 0.2) is 59.1 Å². The first-order valence-electron chi connectivity index (χ1n) is 10.7. The molecule has 6 nitrogen and oxygen atoms in total. The van der Waals surface area contributed by atoms with Crippen molar-refractivity contribution in [1.82, 2.24) is 14.9 Å². The molecule has 0 radical (unpaired) electrons. The number of aromatic amines is 1. The maximum Gasteiger partial charge on any atom is 0.270 e. The van der Waals surface area contributed by atoms with Crippen molar-refractivity contribution in [1.29, 1.82) is 0 Å². The fraction of sp³-hybridized carbons (Fsp3) is 0.280. The average Bonchev–Trinajstić information content (AvgIpc) is 3.46. The van der Waals surface area contributed by atoms with E-state index in [2.05, 4.69) is 9.97 Å². The molecule has 1 N–H and O–H groups in total. The number of halogens is 1. The van der Waals surface area contributed by atoms with Crippen LogP contribution in [0, 0.1) is 5.82 Å². The minimum absolute atomic E-state index is 0.0548. The van der Waals surface area contributed by atoms with Crippen molar-refractivity contribution in [2.24, 2.45) is 0 Å². The van der Waals surface area contributed by atoms with Crippen LogP contribution in [0.1, 0.15) is 46.5 Å². The molecule has 1 fully saturated rings. The number of hydrogen-bond acceptors (Lipinski definition) is 4. The Morgan fingerprint density at radius 2 is 2.09 bits per heavy atom. The van der Waals surface area contributed by atoms with E-state index >= 15 is 0 Å². The maximum atomic E-state index is 13.5. The Morgan fingerprint density at radius 3 is 2.91 bits per heavy atom. The van der Waals surface area contributed by atoms with Crippen LogP contribution >= 0.6 is 0 Å². The van der Waals surface area contributed by atoms with E-state index in [0.717, 1.165) is 35.4 Å². The van der Waals surface area contributed by atoms with Gasteiger partial charge in [0.05, 0.1) is 19.2 Å². The van der Waals surface area contributed by atoms with E-state index in [1.54, 1.807) is 25.4 Å². The van der Waals surface area contributed by atoms with E-state index in [1.807, 2.05) is 29.2 Å². The highest BCUT2D eigenvalue weighted by Crippen LogP contribution is 2.29. The number of likely N-dealkylation sites (tertiary alicyclic amines) is 1. The van der Waals surface area contributed by atoms with Gasteiger partial charge in [-0.3, -0.25) is 4.79 Å².